The van der Waals surface area contributed by atoms with Crippen LogP contribution in [0.3, 0.4) is 0 Å². The SMILES string of the molecule is Cc1cc(C#N)ccc1CO[C@H](C)C(=O)O. The van der Waals surface area contributed by atoms with Crippen LogP contribution in [0.1, 0.15) is 23.6 Å². The number of aliphatic carboxylic acids is 1. The molecule has 0 amide bonds. The summed E-state index contributed by atoms with van der Waals surface area (Å²) in [5, 5.41) is 17.3. The quantitative estimate of drug-likeness (QED) is 0.839. The van der Waals surface area contributed by atoms with E-state index in [2.05, 4.69) is 0 Å². The molecule has 0 heterocycles. The van der Waals surface area contributed by atoms with E-state index in [4.69, 9.17) is 15.1 Å². The monoisotopic (exact) mass is 219 g/mol. The number of benzene rings is 1. The molecule has 0 aromatic heterocycles. The predicted octanol–water partition coefficient (Wildman–Crippen LogP) is 1.86. The summed E-state index contributed by atoms with van der Waals surface area (Å²) in [6.45, 7) is 3.59. The van der Waals surface area contributed by atoms with Crippen molar-refractivity contribution in [3.8, 4) is 6.07 Å². The number of rotatable bonds is 4. The number of nitriles is 1. The number of aryl methyl sites for hydroxylation is 1. The molecule has 0 aliphatic rings. The normalized spacial score (nSPS) is 11.8. The van der Waals surface area contributed by atoms with Crippen LogP contribution in [0.25, 0.3) is 0 Å². The van der Waals surface area contributed by atoms with Crippen molar-refractivity contribution in [2.75, 3.05) is 0 Å². The summed E-state index contributed by atoms with van der Waals surface area (Å²) in [6, 6.07) is 7.27. The maximum absolute atomic E-state index is 10.5. The van der Waals surface area contributed by atoms with E-state index in [1.807, 2.05) is 13.0 Å². The van der Waals surface area contributed by atoms with Gasteiger partial charge in [-0.05, 0) is 37.1 Å². The minimum atomic E-state index is -0.980. The third-order valence-electron chi connectivity index (χ3n) is 2.31. The molecule has 4 nitrogen and oxygen atoms in total. The van der Waals surface area contributed by atoms with Gasteiger partial charge in [-0.2, -0.15) is 5.26 Å². The summed E-state index contributed by atoms with van der Waals surface area (Å²) in [7, 11) is 0. The fourth-order valence-corrected chi connectivity index (χ4v) is 1.21. The Morgan fingerprint density at radius 1 is 1.62 bits per heavy atom. The van der Waals surface area contributed by atoms with E-state index in [0.29, 0.717) is 5.56 Å². The van der Waals surface area contributed by atoms with Gasteiger partial charge in [-0.1, -0.05) is 6.07 Å². The first-order valence-corrected chi connectivity index (χ1v) is 4.88. The lowest BCUT2D eigenvalue weighted by molar-refractivity contribution is -0.149. The second kappa shape index (κ2) is 5.29. The zero-order chi connectivity index (χ0) is 12.1. The van der Waals surface area contributed by atoms with Gasteiger partial charge >= 0.3 is 5.97 Å². The highest BCUT2D eigenvalue weighted by Crippen LogP contribution is 2.12. The Morgan fingerprint density at radius 3 is 2.81 bits per heavy atom. The third-order valence-corrected chi connectivity index (χ3v) is 2.31. The molecule has 1 aromatic carbocycles. The molecule has 0 saturated heterocycles. The number of ether oxygens (including phenoxy) is 1. The van der Waals surface area contributed by atoms with Crippen LogP contribution in [-0.2, 0) is 16.1 Å². The average molecular weight is 219 g/mol. The first-order valence-electron chi connectivity index (χ1n) is 4.88. The summed E-state index contributed by atoms with van der Waals surface area (Å²) >= 11 is 0. The molecule has 0 unspecified atom stereocenters. The Labute approximate surface area is 94.1 Å². The predicted molar refractivity (Wildman–Crippen MR) is 57.8 cm³/mol. The summed E-state index contributed by atoms with van der Waals surface area (Å²) < 4.78 is 5.16. The van der Waals surface area contributed by atoms with Gasteiger partial charge < -0.3 is 9.84 Å². The molecule has 0 spiro atoms. The first-order chi connectivity index (χ1) is 7.54. The van der Waals surface area contributed by atoms with E-state index < -0.39 is 12.1 Å². The van der Waals surface area contributed by atoms with Crippen molar-refractivity contribution in [3.05, 3.63) is 34.9 Å². The van der Waals surface area contributed by atoms with Gasteiger partial charge in [-0.25, -0.2) is 4.79 Å². The summed E-state index contributed by atoms with van der Waals surface area (Å²) in [5.41, 5.74) is 2.41. The Kier molecular flexibility index (Phi) is 4.03. The minimum Gasteiger partial charge on any atom is -0.479 e. The topological polar surface area (TPSA) is 70.3 Å². The van der Waals surface area contributed by atoms with Gasteiger partial charge in [0, 0.05) is 0 Å². The Morgan fingerprint density at radius 2 is 2.31 bits per heavy atom. The van der Waals surface area contributed by atoms with Gasteiger partial charge in [-0.3, -0.25) is 0 Å². The highest BCUT2D eigenvalue weighted by atomic mass is 16.5. The number of carboxylic acid groups (broad SMARTS) is 1. The number of hydrogen-bond acceptors (Lipinski definition) is 3. The molecule has 0 bridgehead atoms. The lowest BCUT2D eigenvalue weighted by Crippen LogP contribution is -2.19. The summed E-state index contributed by atoms with van der Waals surface area (Å²) in [4.78, 5) is 10.5. The number of carbonyl (C=O) groups is 1. The molecule has 16 heavy (non-hydrogen) atoms. The van der Waals surface area contributed by atoms with Gasteiger partial charge in [0.1, 0.15) is 0 Å². The van der Waals surface area contributed by atoms with Crippen molar-refractivity contribution in [3.63, 3.8) is 0 Å². The number of nitrogens with zero attached hydrogens (tertiary/aromatic N) is 1. The molecular formula is C12H13NO3. The maximum atomic E-state index is 10.5. The van der Waals surface area contributed by atoms with Crippen molar-refractivity contribution >= 4 is 5.97 Å². The van der Waals surface area contributed by atoms with Crippen LogP contribution >= 0.6 is 0 Å². The summed E-state index contributed by atoms with van der Waals surface area (Å²) in [5.74, 6) is -0.980. The average Bonchev–Trinajstić information content (AvgIpc) is 2.26. The maximum Gasteiger partial charge on any atom is 0.332 e. The van der Waals surface area contributed by atoms with Crippen LogP contribution in [-0.4, -0.2) is 17.2 Å². The minimum absolute atomic E-state index is 0.241. The first kappa shape index (κ1) is 12.2. The molecule has 1 rings (SSSR count). The van der Waals surface area contributed by atoms with Gasteiger partial charge in [0.15, 0.2) is 6.10 Å². The van der Waals surface area contributed by atoms with Crippen molar-refractivity contribution in [1.29, 1.82) is 5.26 Å². The second-order valence-electron chi connectivity index (χ2n) is 3.54. The summed E-state index contributed by atoms with van der Waals surface area (Å²) in [6.07, 6.45) is -0.824. The largest absolute Gasteiger partial charge is 0.479 e. The lowest BCUT2D eigenvalue weighted by Gasteiger charge is -2.10. The van der Waals surface area contributed by atoms with Crippen LogP contribution in [0.4, 0.5) is 0 Å². The fraction of sp³-hybridized carbons (Fsp3) is 0.333. The van der Waals surface area contributed by atoms with Crippen molar-refractivity contribution in [2.45, 2.75) is 26.6 Å². The van der Waals surface area contributed by atoms with E-state index in [1.54, 1.807) is 18.2 Å². The van der Waals surface area contributed by atoms with E-state index in [0.717, 1.165) is 11.1 Å². The van der Waals surface area contributed by atoms with Crippen molar-refractivity contribution in [2.24, 2.45) is 0 Å². The van der Waals surface area contributed by atoms with E-state index in [1.165, 1.54) is 6.92 Å². The molecule has 0 aliphatic carbocycles. The zero-order valence-corrected chi connectivity index (χ0v) is 9.23. The van der Waals surface area contributed by atoms with Crippen LogP contribution in [0.15, 0.2) is 18.2 Å². The molecule has 4 heteroatoms. The molecule has 1 N–H and O–H groups in total. The van der Waals surface area contributed by atoms with Crippen LogP contribution in [0, 0.1) is 18.3 Å². The molecule has 0 fully saturated rings. The fourth-order valence-electron chi connectivity index (χ4n) is 1.21. The Bertz CT molecular complexity index is 434. The smallest absolute Gasteiger partial charge is 0.332 e. The molecule has 0 aliphatic heterocycles. The molecule has 84 valence electrons. The zero-order valence-electron chi connectivity index (χ0n) is 9.23. The Hall–Kier alpha value is -1.86. The standard InChI is InChI=1S/C12H13NO3/c1-8-5-10(6-13)3-4-11(8)7-16-9(2)12(14)15/h3-5,9H,7H2,1-2H3,(H,14,15)/t9-/m1/s1. The molecule has 1 atom stereocenters. The molecule has 0 saturated carbocycles. The van der Waals surface area contributed by atoms with Gasteiger partial charge in [0.05, 0.1) is 18.2 Å². The highest BCUT2D eigenvalue weighted by Gasteiger charge is 2.11. The van der Waals surface area contributed by atoms with Crippen LogP contribution in [0.5, 0.6) is 0 Å². The van der Waals surface area contributed by atoms with E-state index in [9.17, 15) is 4.79 Å². The molecule has 0 radical (unpaired) electrons. The van der Waals surface area contributed by atoms with Gasteiger partial charge in [0.25, 0.3) is 0 Å². The lowest BCUT2D eigenvalue weighted by atomic mass is 10.1. The second-order valence-corrected chi connectivity index (χ2v) is 3.54. The molecular weight excluding hydrogens is 206 g/mol. The highest BCUT2D eigenvalue weighted by molar-refractivity contribution is 5.71. The van der Waals surface area contributed by atoms with Gasteiger partial charge in [0.2, 0.25) is 0 Å². The van der Waals surface area contributed by atoms with Crippen molar-refractivity contribution < 1.29 is 14.6 Å². The van der Waals surface area contributed by atoms with E-state index >= 15 is 0 Å². The number of carboxylic acids is 1. The van der Waals surface area contributed by atoms with Crippen LogP contribution < -0.4 is 0 Å². The third kappa shape index (κ3) is 3.07. The van der Waals surface area contributed by atoms with Gasteiger partial charge in [-0.15, -0.1) is 0 Å². The van der Waals surface area contributed by atoms with Crippen molar-refractivity contribution in [1.82, 2.24) is 0 Å². The van der Waals surface area contributed by atoms with E-state index in [-0.39, 0.29) is 6.61 Å². The number of hydrogen-bond donors (Lipinski definition) is 1. The molecule has 1 aromatic rings. The van der Waals surface area contributed by atoms with Crippen LogP contribution in [0.2, 0.25) is 0 Å². The Balaban J connectivity index is 2.69.